The second kappa shape index (κ2) is 8.75. The summed E-state index contributed by atoms with van der Waals surface area (Å²) in [5, 5.41) is 11.9. The Balaban J connectivity index is 1.53. The van der Waals surface area contributed by atoms with Crippen molar-refractivity contribution in [3.8, 4) is 22.9 Å². The van der Waals surface area contributed by atoms with Crippen molar-refractivity contribution in [2.24, 2.45) is 0 Å². The Morgan fingerprint density at radius 1 is 1.16 bits per heavy atom. The van der Waals surface area contributed by atoms with Crippen molar-refractivity contribution >= 4 is 40.9 Å². The van der Waals surface area contributed by atoms with Crippen LogP contribution in [0.3, 0.4) is 0 Å². The summed E-state index contributed by atoms with van der Waals surface area (Å²) in [4.78, 5) is 31.6. The molecule has 4 aromatic rings. The van der Waals surface area contributed by atoms with Crippen molar-refractivity contribution in [3.63, 3.8) is 0 Å². The first kappa shape index (κ1) is 20.8. The highest BCUT2D eigenvalue weighted by molar-refractivity contribution is 8.00. The third kappa shape index (κ3) is 4.52. The summed E-state index contributed by atoms with van der Waals surface area (Å²) in [6.07, 6.45) is 3.11. The zero-order valence-electron chi connectivity index (χ0n) is 16.1. The summed E-state index contributed by atoms with van der Waals surface area (Å²) in [5.74, 6) is -0.339. The summed E-state index contributed by atoms with van der Waals surface area (Å²) in [6, 6.07) is 11.4. The minimum atomic E-state index is -1.17. The molecule has 31 heavy (non-hydrogen) atoms. The predicted molar refractivity (Wildman–Crippen MR) is 116 cm³/mol. The minimum absolute atomic E-state index is 0.0861. The van der Waals surface area contributed by atoms with Crippen LogP contribution in [0.5, 0.6) is 0 Å². The van der Waals surface area contributed by atoms with Crippen molar-refractivity contribution in [3.05, 3.63) is 65.6 Å². The quantitative estimate of drug-likeness (QED) is 0.317. The van der Waals surface area contributed by atoms with Gasteiger partial charge in [-0.2, -0.15) is 0 Å². The van der Waals surface area contributed by atoms with Crippen LogP contribution < -0.4 is 5.32 Å². The van der Waals surface area contributed by atoms with Crippen LogP contribution in [0, 0.1) is 0 Å². The Labute approximate surface area is 185 Å². The summed E-state index contributed by atoms with van der Waals surface area (Å²) < 4.78 is 11.0. The van der Waals surface area contributed by atoms with E-state index < -0.39 is 11.2 Å². The maximum absolute atomic E-state index is 12.6. The van der Waals surface area contributed by atoms with E-state index in [2.05, 4.69) is 15.3 Å². The molecule has 1 atom stereocenters. The Morgan fingerprint density at radius 2 is 1.87 bits per heavy atom. The first-order valence-corrected chi connectivity index (χ1v) is 10.4. The molecule has 10 heteroatoms. The SMILES string of the molecule is CC(Sc1nc(-c2ccco2)c(-c2ccco2)[nH]1)C(=O)Nc1ccc(Cl)c(C(=O)O)c1. The molecule has 0 aliphatic rings. The van der Waals surface area contributed by atoms with Gasteiger partial charge in [0.25, 0.3) is 0 Å². The lowest BCUT2D eigenvalue weighted by Crippen LogP contribution is -2.22. The van der Waals surface area contributed by atoms with Gasteiger partial charge >= 0.3 is 5.97 Å². The molecule has 0 radical (unpaired) electrons. The Morgan fingerprint density at radius 3 is 2.52 bits per heavy atom. The van der Waals surface area contributed by atoms with Gasteiger partial charge in [0.15, 0.2) is 16.7 Å². The normalized spacial score (nSPS) is 11.9. The Hall–Kier alpha value is -3.43. The molecule has 0 aliphatic heterocycles. The van der Waals surface area contributed by atoms with Crippen LogP contribution in [0.15, 0.2) is 69.0 Å². The number of anilines is 1. The topological polar surface area (TPSA) is 121 Å². The maximum atomic E-state index is 12.6. The largest absolute Gasteiger partial charge is 0.478 e. The van der Waals surface area contributed by atoms with Gasteiger partial charge in [-0.05, 0) is 49.4 Å². The van der Waals surface area contributed by atoms with Crippen LogP contribution in [0.4, 0.5) is 5.69 Å². The third-order valence-electron chi connectivity index (χ3n) is 4.33. The average Bonchev–Trinajstić information content (AvgIpc) is 3.50. The van der Waals surface area contributed by atoms with E-state index in [1.54, 1.807) is 49.8 Å². The van der Waals surface area contributed by atoms with Gasteiger partial charge in [-0.25, -0.2) is 9.78 Å². The molecule has 1 unspecified atom stereocenters. The molecule has 0 bridgehead atoms. The van der Waals surface area contributed by atoms with E-state index in [0.717, 1.165) is 0 Å². The molecule has 0 aliphatic carbocycles. The van der Waals surface area contributed by atoms with E-state index in [4.69, 9.17) is 20.4 Å². The number of carbonyl (C=O) groups is 2. The molecule has 0 fully saturated rings. The number of imidazole rings is 1. The van der Waals surface area contributed by atoms with Crippen molar-refractivity contribution in [1.29, 1.82) is 0 Å². The highest BCUT2D eigenvalue weighted by Gasteiger charge is 2.22. The number of thioether (sulfide) groups is 1. The molecular weight excluding hydrogens is 442 g/mol. The van der Waals surface area contributed by atoms with Crippen molar-refractivity contribution < 1.29 is 23.5 Å². The van der Waals surface area contributed by atoms with Gasteiger partial charge in [0.1, 0.15) is 11.4 Å². The average molecular weight is 458 g/mol. The highest BCUT2D eigenvalue weighted by atomic mass is 35.5. The van der Waals surface area contributed by atoms with Crippen LogP contribution in [-0.2, 0) is 4.79 Å². The standard InChI is InChI=1S/C21H16ClN3O5S/c1-11(19(26)23-12-6-7-14(22)13(10-12)20(27)28)31-21-24-17(15-4-2-8-29-15)18(25-21)16-5-3-9-30-16/h2-11H,1H3,(H,23,26)(H,24,25)(H,27,28). The van der Waals surface area contributed by atoms with Gasteiger partial charge in [-0.1, -0.05) is 23.4 Å². The number of nitrogens with one attached hydrogen (secondary N) is 2. The number of furan rings is 2. The third-order valence-corrected chi connectivity index (χ3v) is 5.64. The zero-order chi connectivity index (χ0) is 22.0. The van der Waals surface area contributed by atoms with Gasteiger partial charge in [0, 0.05) is 5.69 Å². The van der Waals surface area contributed by atoms with Gasteiger partial charge in [0.05, 0.1) is 28.4 Å². The monoisotopic (exact) mass is 457 g/mol. The lowest BCUT2D eigenvalue weighted by Gasteiger charge is -2.11. The van der Waals surface area contributed by atoms with Crippen molar-refractivity contribution in [2.45, 2.75) is 17.3 Å². The number of aromatic nitrogens is 2. The fourth-order valence-electron chi connectivity index (χ4n) is 2.83. The fourth-order valence-corrected chi connectivity index (χ4v) is 3.83. The number of aromatic carboxylic acids is 1. The lowest BCUT2D eigenvalue weighted by molar-refractivity contribution is -0.115. The van der Waals surface area contributed by atoms with Gasteiger partial charge in [-0.15, -0.1) is 0 Å². The van der Waals surface area contributed by atoms with Crippen LogP contribution >= 0.6 is 23.4 Å². The first-order chi connectivity index (χ1) is 14.9. The zero-order valence-corrected chi connectivity index (χ0v) is 17.7. The van der Waals surface area contributed by atoms with Crippen LogP contribution in [0.1, 0.15) is 17.3 Å². The number of H-pyrrole nitrogens is 1. The van der Waals surface area contributed by atoms with E-state index in [0.29, 0.717) is 33.8 Å². The molecule has 1 amide bonds. The molecule has 0 saturated carbocycles. The molecule has 4 rings (SSSR count). The Kier molecular flexibility index (Phi) is 5.88. The first-order valence-electron chi connectivity index (χ1n) is 9.10. The van der Waals surface area contributed by atoms with Crippen molar-refractivity contribution in [2.75, 3.05) is 5.32 Å². The van der Waals surface area contributed by atoms with E-state index in [-0.39, 0.29) is 16.5 Å². The predicted octanol–water partition coefficient (Wildman–Crippen LogP) is 5.40. The number of amides is 1. The number of rotatable bonds is 7. The van der Waals surface area contributed by atoms with Crippen LogP contribution in [-0.4, -0.2) is 32.2 Å². The molecule has 158 valence electrons. The Bertz CT molecular complexity index is 1170. The summed E-state index contributed by atoms with van der Waals surface area (Å²) >= 11 is 7.08. The number of carbonyl (C=O) groups excluding carboxylic acids is 1. The molecule has 3 N–H and O–H groups in total. The second-order valence-corrected chi connectivity index (χ2v) is 8.21. The van der Waals surface area contributed by atoms with Gasteiger partial charge in [-0.3, -0.25) is 4.79 Å². The molecule has 0 saturated heterocycles. The molecule has 3 aromatic heterocycles. The molecule has 1 aromatic carbocycles. The van der Waals surface area contributed by atoms with E-state index in [1.165, 1.54) is 23.9 Å². The second-order valence-electron chi connectivity index (χ2n) is 6.47. The molecule has 3 heterocycles. The highest BCUT2D eigenvalue weighted by Crippen LogP contribution is 2.34. The smallest absolute Gasteiger partial charge is 0.337 e. The van der Waals surface area contributed by atoms with Crippen molar-refractivity contribution in [1.82, 2.24) is 9.97 Å². The fraction of sp³-hybridized carbons (Fsp3) is 0.0952. The maximum Gasteiger partial charge on any atom is 0.337 e. The number of carboxylic acid groups (broad SMARTS) is 1. The van der Waals surface area contributed by atoms with E-state index in [1.807, 2.05) is 0 Å². The minimum Gasteiger partial charge on any atom is -0.478 e. The number of hydrogen-bond acceptors (Lipinski definition) is 6. The number of aromatic amines is 1. The summed E-state index contributed by atoms with van der Waals surface area (Å²) in [5.41, 5.74) is 1.46. The number of benzene rings is 1. The lowest BCUT2D eigenvalue weighted by atomic mass is 10.2. The number of hydrogen-bond donors (Lipinski definition) is 3. The summed E-state index contributed by atoms with van der Waals surface area (Å²) in [6.45, 7) is 1.72. The van der Waals surface area contributed by atoms with Gasteiger partial charge < -0.3 is 24.2 Å². The van der Waals surface area contributed by atoms with E-state index >= 15 is 0 Å². The summed E-state index contributed by atoms with van der Waals surface area (Å²) in [7, 11) is 0. The van der Waals surface area contributed by atoms with Crippen LogP contribution in [0.2, 0.25) is 5.02 Å². The molecule has 0 spiro atoms. The number of nitrogens with zero attached hydrogens (tertiary/aromatic N) is 1. The number of halogens is 1. The molecular formula is C21H16ClN3O5S. The molecule has 8 nitrogen and oxygen atoms in total. The van der Waals surface area contributed by atoms with E-state index in [9.17, 15) is 14.7 Å². The van der Waals surface area contributed by atoms with Crippen LogP contribution in [0.25, 0.3) is 22.9 Å². The number of carboxylic acids is 1. The van der Waals surface area contributed by atoms with Gasteiger partial charge in [0.2, 0.25) is 5.91 Å².